The molecule has 20 heavy (non-hydrogen) atoms. The second kappa shape index (κ2) is 6.67. The molecule has 0 aromatic carbocycles. The minimum Gasteiger partial charge on any atom is -0.478 e. The van der Waals surface area contributed by atoms with Gasteiger partial charge in [0.25, 0.3) is 5.91 Å². The molecule has 1 fully saturated rings. The van der Waals surface area contributed by atoms with E-state index in [1.807, 2.05) is 0 Å². The molecule has 0 aliphatic carbocycles. The molecule has 108 valence electrons. The Morgan fingerprint density at radius 3 is 3.00 bits per heavy atom. The Morgan fingerprint density at radius 2 is 2.35 bits per heavy atom. The molecule has 1 aliphatic heterocycles. The van der Waals surface area contributed by atoms with Crippen LogP contribution in [0.2, 0.25) is 0 Å². The second-order valence-corrected chi connectivity index (χ2v) is 6.12. The number of carbonyl (C=O) groups excluding carboxylic acids is 1. The van der Waals surface area contributed by atoms with Gasteiger partial charge < -0.3 is 15.3 Å². The maximum atomic E-state index is 12.0. The van der Waals surface area contributed by atoms with Gasteiger partial charge in [-0.1, -0.05) is 0 Å². The summed E-state index contributed by atoms with van der Waals surface area (Å²) < 4.78 is 0. The molecule has 0 spiro atoms. The van der Waals surface area contributed by atoms with Crippen LogP contribution in [0.15, 0.2) is 18.2 Å². The van der Waals surface area contributed by atoms with Gasteiger partial charge in [-0.15, -0.1) is 11.3 Å². The Kier molecular flexibility index (Phi) is 4.92. The van der Waals surface area contributed by atoms with Gasteiger partial charge in [0.15, 0.2) is 0 Å². The number of likely N-dealkylation sites (tertiary alicyclic amines) is 1. The molecule has 6 heteroatoms. The number of rotatable bonds is 5. The van der Waals surface area contributed by atoms with Crippen molar-refractivity contribution in [3.05, 3.63) is 28.0 Å². The molecule has 1 aromatic rings. The van der Waals surface area contributed by atoms with Gasteiger partial charge in [-0.2, -0.15) is 0 Å². The first kappa shape index (κ1) is 14.7. The lowest BCUT2D eigenvalue weighted by atomic mass is 10.1. The molecule has 1 aromatic heterocycles. The molecule has 1 atom stereocenters. The largest absolute Gasteiger partial charge is 0.478 e. The van der Waals surface area contributed by atoms with Crippen molar-refractivity contribution in [2.75, 3.05) is 26.7 Å². The Labute approximate surface area is 121 Å². The van der Waals surface area contributed by atoms with E-state index < -0.39 is 5.97 Å². The van der Waals surface area contributed by atoms with E-state index in [9.17, 15) is 9.59 Å². The molecule has 0 bridgehead atoms. The minimum atomic E-state index is -0.991. The highest BCUT2D eigenvalue weighted by atomic mass is 32.1. The summed E-state index contributed by atoms with van der Waals surface area (Å²) in [5, 5.41) is 11.5. The third kappa shape index (κ3) is 4.18. The van der Waals surface area contributed by atoms with Gasteiger partial charge in [0, 0.05) is 24.0 Å². The average Bonchev–Trinajstić information content (AvgIpc) is 3.02. The normalized spacial score (nSPS) is 19.6. The van der Waals surface area contributed by atoms with Gasteiger partial charge in [0.1, 0.15) is 0 Å². The van der Waals surface area contributed by atoms with Crippen molar-refractivity contribution in [1.82, 2.24) is 10.2 Å². The molecular formula is C14H18N2O3S. The SMILES string of the molecule is CN1CCC(CNC(=O)c2ccc(C=CC(=O)O)s2)C1. The number of hydrogen-bond acceptors (Lipinski definition) is 4. The molecule has 1 unspecified atom stereocenters. The van der Waals surface area contributed by atoms with Crippen molar-refractivity contribution in [3.63, 3.8) is 0 Å². The number of aliphatic carboxylic acids is 1. The zero-order valence-corrected chi connectivity index (χ0v) is 12.2. The van der Waals surface area contributed by atoms with Crippen molar-refractivity contribution >= 4 is 29.3 Å². The number of nitrogens with one attached hydrogen (secondary N) is 1. The predicted octanol–water partition coefficient (Wildman–Crippen LogP) is 1.53. The average molecular weight is 294 g/mol. The van der Waals surface area contributed by atoms with Gasteiger partial charge in [-0.3, -0.25) is 4.79 Å². The van der Waals surface area contributed by atoms with Crippen LogP contribution in [-0.4, -0.2) is 48.6 Å². The lowest BCUT2D eigenvalue weighted by Gasteiger charge is -2.10. The molecule has 2 heterocycles. The summed E-state index contributed by atoms with van der Waals surface area (Å²) in [7, 11) is 2.09. The van der Waals surface area contributed by atoms with Crippen molar-refractivity contribution in [1.29, 1.82) is 0 Å². The molecule has 0 radical (unpaired) electrons. The second-order valence-electron chi connectivity index (χ2n) is 5.00. The van der Waals surface area contributed by atoms with Crippen molar-refractivity contribution in [2.24, 2.45) is 5.92 Å². The fraction of sp³-hybridized carbons (Fsp3) is 0.429. The van der Waals surface area contributed by atoms with Crippen LogP contribution in [0.1, 0.15) is 21.0 Å². The third-order valence-electron chi connectivity index (χ3n) is 3.28. The van der Waals surface area contributed by atoms with Crippen molar-refractivity contribution < 1.29 is 14.7 Å². The van der Waals surface area contributed by atoms with E-state index in [-0.39, 0.29) is 5.91 Å². The molecule has 0 saturated carbocycles. The van der Waals surface area contributed by atoms with E-state index in [4.69, 9.17) is 5.11 Å². The van der Waals surface area contributed by atoms with E-state index in [1.54, 1.807) is 12.1 Å². The van der Waals surface area contributed by atoms with E-state index in [0.29, 0.717) is 17.3 Å². The van der Waals surface area contributed by atoms with Crippen LogP contribution >= 0.6 is 11.3 Å². The summed E-state index contributed by atoms with van der Waals surface area (Å²) in [6.45, 7) is 2.81. The van der Waals surface area contributed by atoms with Crippen LogP contribution in [-0.2, 0) is 4.79 Å². The van der Waals surface area contributed by atoms with E-state index >= 15 is 0 Å². The first-order chi connectivity index (χ1) is 9.54. The summed E-state index contributed by atoms with van der Waals surface area (Å²) in [5.41, 5.74) is 0. The summed E-state index contributed by atoms with van der Waals surface area (Å²) in [4.78, 5) is 26.0. The van der Waals surface area contributed by atoms with Crippen molar-refractivity contribution in [3.8, 4) is 0 Å². The molecule has 1 saturated heterocycles. The van der Waals surface area contributed by atoms with E-state index in [2.05, 4.69) is 17.3 Å². The maximum Gasteiger partial charge on any atom is 0.328 e. The van der Waals surface area contributed by atoms with Gasteiger partial charge in [-0.05, 0) is 44.1 Å². The summed E-state index contributed by atoms with van der Waals surface area (Å²) >= 11 is 1.29. The molecule has 1 aliphatic rings. The van der Waals surface area contributed by atoms with Crippen LogP contribution < -0.4 is 5.32 Å². The van der Waals surface area contributed by atoms with Gasteiger partial charge in [0.2, 0.25) is 0 Å². The number of nitrogens with zero attached hydrogens (tertiary/aromatic N) is 1. The number of amides is 1. The maximum absolute atomic E-state index is 12.0. The fourth-order valence-corrected chi connectivity index (χ4v) is 3.06. The van der Waals surface area contributed by atoms with Crippen LogP contribution in [0, 0.1) is 5.92 Å². The summed E-state index contributed by atoms with van der Waals surface area (Å²) in [6.07, 6.45) is 3.69. The topological polar surface area (TPSA) is 69.6 Å². The smallest absolute Gasteiger partial charge is 0.328 e. The van der Waals surface area contributed by atoms with Crippen LogP contribution in [0.5, 0.6) is 0 Å². The quantitative estimate of drug-likeness (QED) is 0.808. The Balaban J connectivity index is 1.85. The zero-order chi connectivity index (χ0) is 14.5. The monoisotopic (exact) mass is 294 g/mol. The minimum absolute atomic E-state index is 0.0838. The van der Waals surface area contributed by atoms with Crippen LogP contribution in [0.25, 0.3) is 6.08 Å². The molecule has 1 amide bonds. The number of hydrogen-bond donors (Lipinski definition) is 2. The fourth-order valence-electron chi connectivity index (χ4n) is 2.23. The molecular weight excluding hydrogens is 276 g/mol. The van der Waals surface area contributed by atoms with Crippen LogP contribution in [0.4, 0.5) is 0 Å². The Bertz CT molecular complexity index is 524. The summed E-state index contributed by atoms with van der Waals surface area (Å²) in [6, 6.07) is 3.48. The van der Waals surface area contributed by atoms with Crippen LogP contribution in [0.3, 0.4) is 0 Å². The number of carboxylic acids is 1. The summed E-state index contributed by atoms with van der Waals surface area (Å²) in [5.74, 6) is -0.551. The first-order valence-corrected chi connectivity index (χ1v) is 7.34. The highest BCUT2D eigenvalue weighted by Gasteiger charge is 2.20. The lowest BCUT2D eigenvalue weighted by molar-refractivity contribution is -0.131. The molecule has 2 rings (SSSR count). The Morgan fingerprint density at radius 1 is 1.55 bits per heavy atom. The van der Waals surface area contributed by atoms with E-state index in [1.165, 1.54) is 17.4 Å². The predicted molar refractivity (Wildman–Crippen MR) is 78.9 cm³/mol. The molecule has 2 N–H and O–H groups in total. The zero-order valence-electron chi connectivity index (χ0n) is 11.3. The van der Waals surface area contributed by atoms with Crippen molar-refractivity contribution in [2.45, 2.75) is 6.42 Å². The number of carbonyl (C=O) groups is 2. The van der Waals surface area contributed by atoms with E-state index in [0.717, 1.165) is 30.5 Å². The third-order valence-corrected chi connectivity index (χ3v) is 4.33. The van der Waals surface area contributed by atoms with Gasteiger partial charge in [-0.25, -0.2) is 4.79 Å². The highest BCUT2D eigenvalue weighted by Crippen LogP contribution is 2.18. The number of carboxylic acid groups (broad SMARTS) is 1. The molecule has 5 nitrogen and oxygen atoms in total. The van der Waals surface area contributed by atoms with Gasteiger partial charge in [0.05, 0.1) is 4.88 Å². The number of thiophene rings is 1. The first-order valence-electron chi connectivity index (χ1n) is 6.52. The lowest BCUT2D eigenvalue weighted by Crippen LogP contribution is -2.29. The standard InChI is InChI=1S/C14H18N2O3S/c1-16-7-6-10(9-16)8-15-14(19)12-4-2-11(20-12)3-5-13(17)18/h2-5,10H,6-9H2,1H3,(H,15,19)(H,17,18). The Hall–Kier alpha value is -1.66. The van der Waals surface area contributed by atoms with Gasteiger partial charge >= 0.3 is 5.97 Å². The highest BCUT2D eigenvalue weighted by molar-refractivity contribution is 7.14.